The van der Waals surface area contributed by atoms with Gasteiger partial charge in [-0.1, -0.05) is 18.5 Å². The minimum absolute atomic E-state index is 0.356. The van der Waals surface area contributed by atoms with Crippen LogP contribution in [0.4, 0.5) is 0 Å². The summed E-state index contributed by atoms with van der Waals surface area (Å²) in [5, 5.41) is 0.716. The Balaban J connectivity index is 2.17. The van der Waals surface area contributed by atoms with Crippen molar-refractivity contribution in [3.8, 4) is 11.5 Å². The number of epoxide rings is 1. The van der Waals surface area contributed by atoms with Gasteiger partial charge in [-0.3, -0.25) is 0 Å². The van der Waals surface area contributed by atoms with E-state index in [0.29, 0.717) is 34.6 Å². The molecule has 3 nitrogen and oxygen atoms in total. The molecule has 1 saturated heterocycles. The van der Waals surface area contributed by atoms with Crippen molar-refractivity contribution in [2.45, 2.75) is 32.5 Å². The summed E-state index contributed by atoms with van der Waals surface area (Å²) in [6.07, 6.45) is 1.61. The van der Waals surface area contributed by atoms with Gasteiger partial charge < -0.3 is 14.2 Å². The van der Waals surface area contributed by atoms with Crippen LogP contribution in [-0.4, -0.2) is 26.4 Å². The van der Waals surface area contributed by atoms with E-state index in [1.54, 1.807) is 20.3 Å². The van der Waals surface area contributed by atoms with Crippen molar-refractivity contribution in [2.24, 2.45) is 5.92 Å². The zero-order chi connectivity index (χ0) is 13.3. The van der Waals surface area contributed by atoms with Crippen molar-refractivity contribution in [3.05, 3.63) is 22.7 Å². The van der Waals surface area contributed by atoms with Crippen LogP contribution < -0.4 is 9.47 Å². The first-order chi connectivity index (χ1) is 8.56. The average Bonchev–Trinajstić information content (AvgIpc) is 3.08. The zero-order valence-electron chi connectivity index (χ0n) is 11.2. The fourth-order valence-corrected chi connectivity index (χ4v) is 2.55. The van der Waals surface area contributed by atoms with Crippen LogP contribution >= 0.6 is 11.6 Å². The molecule has 0 saturated carbocycles. The summed E-state index contributed by atoms with van der Waals surface area (Å²) < 4.78 is 16.0. The molecule has 2 rings (SSSR count). The van der Waals surface area contributed by atoms with Crippen molar-refractivity contribution in [2.75, 3.05) is 14.2 Å². The molecule has 1 fully saturated rings. The monoisotopic (exact) mass is 270 g/mol. The van der Waals surface area contributed by atoms with Crippen LogP contribution in [-0.2, 0) is 11.2 Å². The van der Waals surface area contributed by atoms with Gasteiger partial charge in [0.1, 0.15) is 0 Å². The molecule has 0 amide bonds. The van der Waals surface area contributed by atoms with Gasteiger partial charge in [-0.2, -0.15) is 0 Å². The highest BCUT2D eigenvalue weighted by Crippen LogP contribution is 2.37. The Morgan fingerprint density at radius 3 is 2.33 bits per heavy atom. The number of halogens is 1. The lowest BCUT2D eigenvalue weighted by Crippen LogP contribution is -2.09. The van der Waals surface area contributed by atoms with Gasteiger partial charge >= 0.3 is 0 Å². The van der Waals surface area contributed by atoms with E-state index in [1.807, 2.05) is 6.07 Å². The molecule has 0 radical (unpaired) electrons. The van der Waals surface area contributed by atoms with Crippen LogP contribution in [0.15, 0.2) is 12.1 Å². The van der Waals surface area contributed by atoms with Gasteiger partial charge in [0.2, 0.25) is 0 Å². The quantitative estimate of drug-likeness (QED) is 0.769. The van der Waals surface area contributed by atoms with Crippen LogP contribution in [0.3, 0.4) is 0 Å². The Bertz CT molecular complexity index is 433. The fourth-order valence-electron chi connectivity index (χ4n) is 2.32. The summed E-state index contributed by atoms with van der Waals surface area (Å²) in [6, 6.07) is 3.75. The van der Waals surface area contributed by atoms with Crippen LogP contribution in [0.1, 0.15) is 19.4 Å². The number of hydrogen-bond donors (Lipinski definition) is 0. The normalized spacial score (nSPS) is 23.6. The van der Waals surface area contributed by atoms with Gasteiger partial charge in [0.25, 0.3) is 0 Å². The van der Waals surface area contributed by atoms with E-state index >= 15 is 0 Å². The number of ether oxygens (including phenoxy) is 3. The molecule has 0 bridgehead atoms. The second-order valence-corrected chi connectivity index (χ2v) is 5.19. The molecular formula is C14H19ClO3. The summed E-state index contributed by atoms with van der Waals surface area (Å²) in [6.45, 7) is 4.28. The molecule has 100 valence electrons. The molecule has 1 aromatic carbocycles. The number of benzene rings is 1. The van der Waals surface area contributed by atoms with Crippen molar-refractivity contribution in [1.82, 2.24) is 0 Å². The Labute approximate surface area is 113 Å². The molecule has 18 heavy (non-hydrogen) atoms. The maximum absolute atomic E-state index is 6.27. The van der Waals surface area contributed by atoms with Gasteiger partial charge in [-0.15, -0.1) is 0 Å². The first kappa shape index (κ1) is 13.5. The predicted molar refractivity (Wildman–Crippen MR) is 71.8 cm³/mol. The lowest BCUT2D eigenvalue weighted by molar-refractivity contribution is 0.327. The smallest absolute Gasteiger partial charge is 0.162 e. The molecular weight excluding hydrogens is 252 g/mol. The molecule has 3 unspecified atom stereocenters. The van der Waals surface area contributed by atoms with Gasteiger partial charge in [-0.05, 0) is 30.9 Å². The number of methoxy groups -OCH3 is 2. The third-order valence-corrected chi connectivity index (χ3v) is 3.76. The molecule has 1 aliphatic rings. The SMILES string of the molecule is COc1cc(Cl)c(CC(C)C2OC2C)cc1OC. The summed E-state index contributed by atoms with van der Waals surface area (Å²) in [7, 11) is 3.24. The zero-order valence-corrected chi connectivity index (χ0v) is 12.0. The Morgan fingerprint density at radius 2 is 1.83 bits per heavy atom. The Kier molecular flexibility index (Phi) is 4.03. The predicted octanol–water partition coefficient (Wildman–Crippen LogP) is 3.32. The lowest BCUT2D eigenvalue weighted by Gasteiger charge is -2.14. The van der Waals surface area contributed by atoms with Gasteiger partial charge in [-0.25, -0.2) is 0 Å². The van der Waals surface area contributed by atoms with Gasteiger partial charge in [0, 0.05) is 11.1 Å². The topological polar surface area (TPSA) is 31.0 Å². The molecule has 1 aliphatic heterocycles. The molecule has 1 heterocycles. The lowest BCUT2D eigenvalue weighted by atomic mass is 9.96. The summed E-state index contributed by atoms with van der Waals surface area (Å²) in [4.78, 5) is 0. The first-order valence-corrected chi connectivity index (χ1v) is 6.50. The second-order valence-electron chi connectivity index (χ2n) is 4.79. The van der Waals surface area contributed by atoms with E-state index < -0.39 is 0 Å². The molecule has 1 aromatic rings. The van der Waals surface area contributed by atoms with Crippen molar-refractivity contribution < 1.29 is 14.2 Å². The molecule has 0 aromatic heterocycles. The van der Waals surface area contributed by atoms with Crippen LogP contribution in [0.2, 0.25) is 5.02 Å². The van der Waals surface area contributed by atoms with E-state index in [-0.39, 0.29) is 0 Å². The Hall–Kier alpha value is -0.930. The molecule has 0 aliphatic carbocycles. The summed E-state index contributed by atoms with van der Waals surface area (Å²) in [5.41, 5.74) is 1.07. The van der Waals surface area contributed by atoms with Crippen LogP contribution in [0, 0.1) is 5.92 Å². The van der Waals surface area contributed by atoms with E-state index in [2.05, 4.69) is 13.8 Å². The number of hydrogen-bond acceptors (Lipinski definition) is 3. The Morgan fingerprint density at radius 1 is 1.28 bits per heavy atom. The molecule has 4 heteroatoms. The first-order valence-electron chi connectivity index (χ1n) is 6.12. The van der Waals surface area contributed by atoms with Crippen molar-refractivity contribution in [1.29, 1.82) is 0 Å². The minimum Gasteiger partial charge on any atom is -0.493 e. The van der Waals surface area contributed by atoms with E-state index in [4.69, 9.17) is 25.8 Å². The maximum atomic E-state index is 6.27. The standard InChI is InChI=1S/C14H19ClO3/c1-8(14-9(2)18-14)5-10-6-12(16-3)13(17-4)7-11(10)15/h6-9,14H,5H2,1-4H3. The van der Waals surface area contributed by atoms with Gasteiger partial charge in [0.15, 0.2) is 11.5 Å². The third kappa shape index (κ3) is 2.73. The minimum atomic E-state index is 0.356. The highest BCUT2D eigenvalue weighted by Gasteiger charge is 2.38. The van der Waals surface area contributed by atoms with E-state index in [0.717, 1.165) is 12.0 Å². The highest BCUT2D eigenvalue weighted by atomic mass is 35.5. The molecule has 3 atom stereocenters. The maximum Gasteiger partial charge on any atom is 0.162 e. The van der Waals surface area contributed by atoms with Crippen LogP contribution in [0.25, 0.3) is 0 Å². The van der Waals surface area contributed by atoms with Crippen molar-refractivity contribution in [3.63, 3.8) is 0 Å². The molecule has 0 spiro atoms. The highest BCUT2D eigenvalue weighted by molar-refractivity contribution is 6.31. The largest absolute Gasteiger partial charge is 0.493 e. The summed E-state index contributed by atoms with van der Waals surface area (Å²) in [5.74, 6) is 1.83. The third-order valence-electron chi connectivity index (χ3n) is 3.41. The van der Waals surface area contributed by atoms with Gasteiger partial charge in [0.05, 0.1) is 26.4 Å². The van der Waals surface area contributed by atoms with E-state index in [9.17, 15) is 0 Å². The fraction of sp³-hybridized carbons (Fsp3) is 0.571. The number of rotatable bonds is 5. The van der Waals surface area contributed by atoms with Crippen molar-refractivity contribution >= 4 is 11.6 Å². The summed E-state index contributed by atoms with van der Waals surface area (Å²) >= 11 is 6.27. The second kappa shape index (κ2) is 5.37. The average molecular weight is 271 g/mol. The molecule has 0 N–H and O–H groups in total. The van der Waals surface area contributed by atoms with E-state index in [1.165, 1.54) is 0 Å². The van der Waals surface area contributed by atoms with Crippen LogP contribution in [0.5, 0.6) is 11.5 Å².